The predicted octanol–water partition coefficient (Wildman–Crippen LogP) is -2.18. The normalized spacial score (nSPS) is 29.8. The van der Waals surface area contributed by atoms with Gasteiger partial charge in [0.25, 0.3) is 0 Å². The second-order valence-electron chi connectivity index (χ2n) is 5.80. The molecule has 1 fully saturated rings. The molecule has 10 nitrogen and oxygen atoms in total. The summed E-state index contributed by atoms with van der Waals surface area (Å²) in [5.74, 6) is -3.95. The number of aliphatic hydroxyl groups excluding tert-OH is 4. The van der Waals surface area contributed by atoms with Gasteiger partial charge in [-0.3, -0.25) is 0 Å². The van der Waals surface area contributed by atoms with Crippen molar-refractivity contribution in [3.8, 4) is 11.5 Å². The van der Waals surface area contributed by atoms with E-state index in [1.807, 2.05) is 0 Å². The van der Waals surface area contributed by atoms with Crippen LogP contribution in [0.15, 0.2) is 24.3 Å². The van der Waals surface area contributed by atoms with E-state index in [9.17, 15) is 35.4 Å². The lowest BCUT2D eigenvalue weighted by Gasteiger charge is -2.23. The molecule has 5 atom stereocenters. The van der Waals surface area contributed by atoms with Crippen molar-refractivity contribution in [2.75, 3.05) is 13.2 Å². The maximum absolute atomic E-state index is 11.6. The molecule has 2 rings (SSSR count). The maximum Gasteiger partial charge on any atom is 0.330 e. The molecule has 0 bridgehead atoms. The van der Waals surface area contributed by atoms with Crippen molar-refractivity contribution in [1.29, 1.82) is 0 Å². The average Bonchev–Trinajstić information content (AvgIpc) is 2.85. The molecular formula is C16H20O10. The first-order valence-electron chi connectivity index (χ1n) is 7.60. The molecule has 0 amide bonds. The largest absolute Gasteiger partial charge is 0.504 e. The Kier molecular flexibility index (Phi) is 6.18. The Morgan fingerprint density at radius 2 is 2.00 bits per heavy atom. The van der Waals surface area contributed by atoms with Crippen LogP contribution in [0.25, 0.3) is 6.08 Å². The number of esters is 1. The summed E-state index contributed by atoms with van der Waals surface area (Å²) in [4.78, 5) is 11.6. The molecule has 10 heteroatoms. The zero-order chi connectivity index (χ0) is 19.5. The van der Waals surface area contributed by atoms with Gasteiger partial charge in [0.2, 0.25) is 5.79 Å². The Labute approximate surface area is 147 Å². The molecule has 0 aromatic heterocycles. The van der Waals surface area contributed by atoms with E-state index in [-0.39, 0.29) is 11.5 Å². The Balaban J connectivity index is 1.88. The van der Waals surface area contributed by atoms with Crippen LogP contribution in [0.3, 0.4) is 0 Å². The fraction of sp³-hybridized carbons (Fsp3) is 0.438. The van der Waals surface area contributed by atoms with Gasteiger partial charge in [-0.2, -0.15) is 0 Å². The van der Waals surface area contributed by atoms with E-state index in [1.165, 1.54) is 24.3 Å². The van der Waals surface area contributed by atoms with Crippen molar-refractivity contribution in [3.05, 3.63) is 29.8 Å². The second kappa shape index (κ2) is 7.99. The van der Waals surface area contributed by atoms with Crippen LogP contribution in [0.5, 0.6) is 11.5 Å². The minimum Gasteiger partial charge on any atom is -0.504 e. The Morgan fingerprint density at radius 1 is 1.31 bits per heavy atom. The third-order valence-electron chi connectivity index (χ3n) is 3.88. The number of phenolic OH excluding ortho intramolecular Hbond substituents is 2. The number of carbonyl (C=O) groups is 1. The molecule has 1 aliphatic rings. The molecule has 144 valence electrons. The van der Waals surface area contributed by atoms with Crippen molar-refractivity contribution in [1.82, 2.24) is 0 Å². The van der Waals surface area contributed by atoms with E-state index in [1.54, 1.807) is 0 Å². The topological polar surface area (TPSA) is 177 Å². The molecule has 5 unspecified atom stereocenters. The Morgan fingerprint density at radius 3 is 2.58 bits per heavy atom. The zero-order valence-electron chi connectivity index (χ0n) is 13.5. The molecule has 0 saturated carbocycles. The standard InChI is InChI=1S/C16H20O10/c17-7-16(24)15(23)13(22)14(26-16)11(20)6-25-12(21)4-2-8-1-3-9(18)10(19)5-8/h1-5,11,13-15,17-20,22-24H,6-7H2. The van der Waals surface area contributed by atoms with Gasteiger partial charge < -0.3 is 45.2 Å². The summed E-state index contributed by atoms with van der Waals surface area (Å²) in [5, 5.41) is 66.5. The van der Waals surface area contributed by atoms with Gasteiger partial charge in [-0.15, -0.1) is 0 Å². The van der Waals surface area contributed by atoms with E-state index in [0.29, 0.717) is 5.56 Å². The summed E-state index contributed by atoms with van der Waals surface area (Å²) in [6.45, 7) is -1.61. The third kappa shape index (κ3) is 4.30. The monoisotopic (exact) mass is 372 g/mol. The number of hydrogen-bond donors (Lipinski definition) is 7. The highest BCUT2D eigenvalue weighted by Crippen LogP contribution is 2.30. The van der Waals surface area contributed by atoms with Crippen molar-refractivity contribution < 1.29 is 50.0 Å². The van der Waals surface area contributed by atoms with Crippen LogP contribution in [0.2, 0.25) is 0 Å². The van der Waals surface area contributed by atoms with E-state index in [0.717, 1.165) is 6.08 Å². The highest BCUT2D eigenvalue weighted by atomic mass is 16.7. The first-order chi connectivity index (χ1) is 12.2. The van der Waals surface area contributed by atoms with Gasteiger partial charge in [-0.25, -0.2) is 4.79 Å². The third-order valence-corrected chi connectivity index (χ3v) is 3.88. The predicted molar refractivity (Wildman–Crippen MR) is 84.7 cm³/mol. The summed E-state index contributed by atoms with van der Waals surface area (Å²) >= 11 is 0. The fourth-order valence-corrected chi connectivity index (χ4v) is 2.38. The van der Waals surface area contributed by atoms with E-state index in [2.05, 4.69) is 0 Å². The van der Waals surface area contributed by atoms with Gasteiger partial charge in [0.1, 0.15) is 31.0 Å². The minimum absolute atomic E-state index is 0.312. The Bertz CT molecular complexity index is 675. The van der Waals surface area contributed by atoms with Crippen LogP contribution in [0.1, 0.15) is 5.56 Å². The number of rotatable bonds is 6. The first kappa shape index (κ1) is 20.1. The van der Waals surface area contributed by atoms with Gasteiger partial charge in [0, 0.05) is 6.08 Å². The van der Waals surface area contributed by atoms with Crippen molar-refractivity contribution >= 4 is 12.0 Å². The van der Waals surface area contributed by atoms with Crippen molar-refractivity contribution in [2.45, 2.75) is 30.2 Å². The van der Waals surface area contributed by atoms with Gasteiger partial charge in [0.15, 0.2) is 11.5 Å². The lowest BCUT2D eigenvalue weighted by Crippen LogP contribution is -2.46. The molecule has 1 heterocycles. The SMILES string of the molecule is O=C(C=Cc1ccc(O)c(O)c1)OCC(O)C1OC(O)(CO)C(O)C1O. The van der Waals surface area contributed by atoms with Crippen LogP contribution in [-0.4, -0.2) is 85.1 Å². The summed E-state index contributed by atoms with van der Waals surface area (Å²) in [6, 6.07) is 3.89. The van der Waals surface area contributed by atoms with Crippen LogP contribution in [0, 0.1) is 0 Å². The number of aliphatic hydroxyl groups is 5. The molecule has 1 saturated heterocycles. The molecule has 0 aliphatic carbocycles. The van der Waals surface area contributed by atoms with Crippen LogP contribution in [0.4, 0.5) is 0 Å². The highest BCUT2D eigenvalue weighted by Gasteiger charge is 2.55. The number of phenols is 2. The van der Waals surface area contributed by atoms with E-state index >= 15 is 0 Å². The quantitative estimate of drug-likeness (QED) is 0.165. The molecule has 0 spiro atoms. The highest BCUT2D eigenvalue weighted by molar-refractivity contribution is 5.87. The van der Waals surface area contributed by atoms with Gasteiger partial charge in [0.05, 0.1) is 6.61 Å². The van der Waals surface area contributed by atoms with E-state index < -0.39 is 49.4 Å². The maximum atomic E-state index is 11.6. The number of ether oxygens (including phenoxy) is 2. The number of carbonyl (C=O) groups excluding carboxylic acids is 1. The molecule has 7 N–H and O–H groups in total. The molecular weight excluding hydrogens is 352 g/mol. The average molecular weight is 372 g/mol. The number of benzene rings is 1. The van der Waals surface area contributed by atoms with E-state index in [4.69, 9.17) is 14.6 Å². The molecule has 1 aromatic rings. The smallest absolute Gasteiger partial charge is 0.330 e. The molecule has 1 aromatic carbocycles. The van der Waals surface area contributed by atoms with Crippen molar-refractivity contribution in [2.24, 2.45) is 0 Å². The van der Waals surface area contributed by atoms with Crippen LogP contribution < -0.4 is 0 Å². The van der Waals surface area contributed by atoms with Crippen LogP contribution >= 0.6 is 0 Å². The number of aromatic hydroxyl groups is 2. The summed E-state index contributed by atoms with van der Waals surface area (Å²) in [5.41, 5.74) is 0.406. The first-order valence-corrected chi connectivity index (χ1v) is 7.60. The zero-order valence-corrected chi connectivity index (χ0v) is 13.5. The van der Waals surface area contributed by atoms with Crippen LogP contribution in [-0.2, 0) is 14.3 Å². The number of hydrogen-bond acceptors (Lipinski definition) is 10. The molecule has 0 radical (unpaired) electrons. The summed E-state index contributed by atoms with van der Waals surface area (Å²) in [7, 11) is 0. The second-order valence-corrected chi connectivity index (χ2v) is 5.80. The van der Waals surface area contributed by atoms with Gasteiger partial charge in [-0.1, -0.05) is 6.07 Å². The minimum atomic E-state index is -2.42. The molecule has 1 aliphatic heterocycles. The molecule has 26 heavy (non-hydrogen) atoms. The lowest BCUT2D eigenvalue weighted by atomic mass is 10.0. The fourth-order valence-electron chi connectivity index (χ4n) is 2.38. The van der Waals surface area contributed by atoms with Gasteiger partial charge in [-0.05, 0) is 23.8 Å². The lowest BCUT2D eigenvalue weighted by molar-refractivity contribution is -0.254. The van der Waals surface area contributed by atoms with Crippen molar-refractivity contribution in [3.63, 3.8) is 0 Å². The summed E-state index contributed by atoms with van der Waals surface area (Å²) in [6.07, 6.45) is -4.29. The summed E-state index contributed by atoms with van der Waals surface area (Å²) < 4.78 is 9.64. The Hall–Kier alpha value is -2.21. The van der Waals surface area contributed by atoms with Gasteiger partial charge >= 0.3 is 5.97 Å².